The van der Waals surface area contributed by atoms with Gasteiger partial charge in [0.15, 0.2) is 18.1 Å². The van der Waals surface area contributed by atoms with E-state index in [-0.39, 0.29) is 18.4 Å². The number of benzene rings is 2. The number of hydrogen-bond donors (Lipinski definition) is 1. The third kappa shape index (κ3) is 5.31. The number of para-hydroxylation sites is 2. The molecular formula is C25H31N5O4. The summed E-state index contributed by atoms with van der Waals surface area (Å²) in [5.74, 6) is 1.95. The van der Waals surface area contributed by atoms with Gasteiger partial charge in [0.05, 0.1) is 24.7 Å². The molecular weight excluding hydrogens is 434 g/mol. The van der Waals surface area contributed by atoms with Crippen molar-refractivity contribution in [1.29, 1.82) is 0 Å². The topological polar surface area (TPSA) is 88.9 Å². The molecule has 0 saturated carbocycles. The number of nitrogens with one attached hydrogen (secondary N) is 1. The standard InChI is InChI=1S/C25H31N5O4/c1-4-30-21-10-9-19(26-25(32)17-34-23-8-6-5-7-22(23)33-3)15-20(21)27-24(30)16-28-11-13-29(14-12-28)18(2)31/h5-10,15H,4,11-14,16-17H2,1-3H3,(H,26,32). The zero-order valence-corrected chi connectivity index (χ0v) is 19.9. The Morgan fingerprint density at radius 1 is 1.06 bits per heavy atom. The van der Waals surface area contributed by atoms with Crippen molar-refractivity contribution in [1.82, 2.24) is 19.4 Å². The van der Waals surface area contributed by atoms with E-state index in [0.717, 1.165) is 56.1 Å². The number of aromatic nitrogens is 2. The van der Waals surface area contributed by atoms with Gasteiger partial charge in [-0.1, -0.05) is 12.1 Å². The second-order valence-corrected chi connectivity index (χ2v) is 8.25. The molecule has 0 unspecified atom stereocenters. The Morgan fingerprint density at radius 2 is 1.79 bits per heavy atom. The molecule has 1 aliphatic heterocycles. The lowest BCUT2D eigenvalue weighted by Gasteiger charge is -2.33. The van der Waals surface area contributed by atoms with Gasteiger partial charge in [-0.3, -0.25) is 14.5 Å². The fourth-order valence-corrected chi connectivity index (χ4v) is 4.23. The van der Waals surface area contributed by atoms with Crippen LogP contribution in [-0.2, 0) is 22.7 Å². The molecule has 1 aliphatic rings. The zero-order valence-electron chi connectivity index (χ0n) is 19.9. The number of ether oxygens (including phenoxy) is 2. The highest BCUT2D eigenvalue weighted by Gasteiger charge is 2.21. The summed E-state index contributed by atoms with van der Waals surface area (Å²) in [4.78, 5) is 33.1. The number of anilines is 1. The minimum absolute atomic E-state index is 0.126. The largest absolute Gasteiger partial charge is 0.493 e. The molecule has 2 aromatic carbocycles. The molecule has 0 spiro atoms. The molecule has 0 bridgehead atoms. The van der Waals surface area contributed by atoms with Crippen LogP contribution in [0.5, 0.6) is 11.5 Å². The quantitative estimate of drug-likeness (QED) is 0.550. The van der Waals surface area contributed by atoms with Gasteiger partial charge in [0, 0.05) is 45.3 Å². The van der Waals surface area contributed by atoms with Crippen LogP contribution in [-0.4, -0.2) is 71.1 Å². The van der Waals surface area contributed by atoms with Crippen molar-refractivity contribution in [2.24, 2.45) is 0 Å². The lowest BCUT2D eigenvalue weighted by Crippen LogP contribution is -2.47. The van der Waals surface area contributed by atoms with Crippen LogP contribution < -0.4 is 14.8 Å². The van der Waals surface area contributed by atoms with Crippen molar-refractivity contribution in [3.05, 3.63) is 48.3 Å². The number of amides is 2. The third-order valence-electron chi connectivity index (χ3n) is 6.04. The number of piperazine rings is 1. The molecule has 2 heterocycles. The summed E-state index contributed by atoms with van der Waals surface area (Å²) in [6.07, 6.45) is 0. The first-order valence-corrected chi connectivity index (χ1v) is 11.5. The van der Waals surface area contributed by atoms with Gasteiger partial charge >= 0.3 is 0 Å². The van der Waals surface area contributed by atoms with Gasteiger partial charge in [0.1, 0.15) is 5.82 Å². The number of fused-ring (bicyclic) bond motifs is 1. The van der Waals surface area contributed by atoms with E-state index in [9.17, 15) is 9.59 Å². The van der Waals surface area contributed by atoms with Crippen LogP contribution in [0.2, 0.25) is 0 Å². The van der Waals surface area contributed by atoms with Gasteiger partial charge in [-0.15, -0.1) is 0 Å². The molecule has 0 radical (unpaired) electrons. The number of rotatable bonds is 8. The molecule has 1 N–H and O–H groups in total. The number of nitrogens with zero attached hydrogens (tertiary/aromatic N) is 4. The fourth-order valence-electron chi connectivity index (χ4n) is 4.23. The summed E-state index contributed by atoms with van der Waals surface area (Å²) in [5, 5.41) is 2.88. The van der Waals surface area contributed by atoms with E-state index < -0.39 is 0 Å². The maximum Gasteiger partial charge on any atom is 0.262 e. The van der Waals surface area contributed by atoms with Crippen molar-refractivity contribution < 1.29 is 19.1 Å². The second kappa shape index (κ2) is 10.6. The fraction of sp³-hybridized carbons (Fsp3) is 0.400. The van der Waals surface area contributed by atoms with Crippen LogP contribution in [0.3, 0.4) is 0 Å². The summed E-state index contributed by atoms with van der Waals surface area (Å²) in [6, 6.07) is 13.0. The Bertz CT molecular complexity index is 1170. The molecule has 180 valence electrons. The van der Waals surface area contributed by atoms with E-state index in [4.69, 9.17) is 14.5 Å². The molecule has 0 atom stereocenters. The molecule has 9 heteroatoms. The van der Waals surface area contributed by atoms with Crippen molar-refractivity contribution in [3.8, 4) is 11.5 Å². The smallest absolute Gasteiger partial charge is 0.262 e. The van der Waals surface area contributed by atoms with E-state index in [1.807, 2.05) is 35.2 Å². The van der Waals surface area contributed by atoms with E-state index in [2.05, 4.69) is 21.7 Å². The minimum atomic E-state index is -0.260. The first kappa shape index (κ1) is 23.6. The molecule has 3 aromatic rings. The van der Waals surface area contributed by atoms with Crippen molar-refractivity contribution in [2.45, 2.75) is 26.9 Å². The molecule has 9 nitrogen and oxygen atoms in total. The lowest BCUT2D eigenvalue weighted by molar-refractivity contribution is -0.130. The predicted octanol–water partition coefficient (Wildman–Crippen LogP) is 2.75. The van der Waals surface area contributed by atoms with Gasteiger partial charge < -0.3 is 24.3 Å². The molecule has 1 fully saturated rings. The summed E-state index contributed by atoms with van der Waals surface area (Å²) in [7, 11) is 1.56. The summed E-state index contributed by atoms with van der Waals surface area (Å²) in [6.45, 7) is 8.28. The maximum absolute atomic E-state index is 12.4. The summed E-state index contributed by atoms with van der Waals surface area (Å²) < 4.78 is 13.1. The molecule has 1 aromatic heterocycles. The lowest BCUT2D eigenvalue weighted by atomic mass is 10.2. The highest BCUT2D eigenvalue weighted by Crippen LogP contribution is 2.26. The first-order valence-electron chi connectivity index (χ1n) is 11.5. The van der Waals surface area contributed by atoms with Gasteiger partial charge in [0.2, 0.25) is 5.91 Å². The SMILES string of the molecule is CCn1c(CN2CCN(C(C)=O)CC2)nc2cc(NC(=O)COc3ccccc3OC)ccc21. The third-order valence-corrected chi connectivity index (χ3v) is 6.04. The number of carbonyl (C=O) groups is 2. The van der Waals surface area contributed by atoms with Crippen molar-refractivity contribution >= 4 is 28.5 Å². The average Bonchev–Trinajstić information content (AvgIpc) is 3.19. The molecule has 1 saturated heterocycles. The number of hydrogen-bond acceptors (Lipinski definition) is 6. The zero-order chi connectivity index (χ0) is 24.1. The molecule has 4 rings (SSSR count). The Morgan fingerprint density at radius 3 is 2.47 bits per heavy atom. The highest BCUT2D eigenvalue weighted by molar-refractivity contribution is 5.94. The van der Waals surface area contributed by atoms with Crippen molar-refractivity contribution in [2.75, 3.05) is 45.2 Å². The number of methoxy groups -OCH3 is 1. The monoisotopic (exact) mass is 465 g/mol. The van der Waals surface area contributed by atoms with Gasteiger partial charge in [-0.05, 0) is 37.3 Å². The minimum Gasteiger partial charge on any atom is -0.493 e. The Kier molecular flexibility index (Phi) is 7.32. The number of carbonyl (C=O) groups excluding carboxylic acids is 2. The second-order valence-electron chi connectivity index (χ2n) is 8.25. The van der Waals surface area contributed by atoms with Crippen LogP contribution in [0.4, 0.5) is 5.69 Å². The van der Waals surface area contributed by atoms with E-state index >= 15 is 0 Å². The summed E-state index contributed by atoms with van der Waals surface area (Å²) >= 11 is 0. The Hall–Kier alpha value is -3.59. The van der Waals surface area contributed by atoms with Crippen LogP contribution in [0.1, 0.15) is 19.7 Å². The van der Waals surface area contributed by atoms with E-state index in [0.29, 0.717) is 17.2 Å². The van der Waals surface area contributed by atoms with Crippen LogP contribution in [0.15, 0.2) is 42.5 Å². The van der Waals surface area contributed by atoms with E-state index in [1.165, 1.54) is 0 Å². The van der Waals surface area contributed by atoms with Gasteiger partial charge in [-0.25, -0.2) is 4.98 Å². The Labute approximate surface area is 199 Å². The first-order chi connectivity index (χ1) is 16.5. The Balaban J connectivity index is 1.41. The maximum atomic E-state index is 12.4. The number of aryl methyl sites for hydroxylation is 1. The summed E-state index contributed by atoms with van der Waals surface area (Å²) in [5.41, 5.74) is 2.54. The van der Waals surface area contributed by atoms with Crippen molar-refractivity contribution in [3.63, 3.8) is 0 Å². The van der Waals surface area contributed by atoms with Gasteiger partial charge in [0.25, 0.3) is 5.91 Å². The average molecular weight is 466 g/mol. The molecule has 34 heavy (non-hydrogen) atoms. The van der Waals surface area contributed by atoms with Crippen LogP contribution >= 0.6 is 0 Å². The predicted molar refractivity (Wildman–Crippen MR) is 130 cm³/mol. The molecule has 0 aliphatic carbocycles. The van der Waals surface area contributed by atoms with Crippen LogP contribution in [0.25, 0.3) is 11.0 Å². The normalized spacial score (nSPS) is 14.3. The number of imidazole rings is 1. The highest BCUT2D eigenvalue weighted by atomic mass is 16.5. The van der Waals surface area contributed by atoms with E-state index in [1.54, 1.807) is 26.2 Å². The van der Waals surface area contributed by atoms with Gasteiger partial charge in [-0.2, -0.15) is 0 Å². The van der Waals surface area contributed by atoms with Crippen LogP contribution in [0, 0.1) is 0 Å². The molecule has 2 amide bonds.